The molecule has 0 aliphatic carbocycles. The SMILES string of the molecule is O=C(O)C(O)C(O)C(O)C(O)CO.O=C(O)CCC(O)(O)C(O)(O)C(=O)O.OCC(O)C(O)C(O)C(O)CO.OCC(O)C(O)C(O)C(O)CO. The third-order valence-corrected chi connectivity index (χ3v) is 6.08. The number of carboxylic acids is 3. The predicted molar refractivity (Wildman–Crippen MR) is 154 cm³/mol. The van der Waals surface area contributed by atoms with E-state index in [-0.39, 0.29) is 0 Å². The number of carboxylic acid groups (broad SMARTS) is 3. The third kappa shape index (κ3) is 21.0. The number of hydrogen-bond donors (Lipinski definition) is 24. The molecule has 24 N–H and O–H groups in total. The Labute approximate surface area is 286 Å². The van der Waals surface area contributed by atoms with E-state index < -0.39 is 149 Å². The van der Waals surface area contributed by atoms with Crippen molar-refractivity contribution in [2.24, 2.45) is 0 Å². The topological polar surface area (TPSA) is 537 Å². The van der Waals surface area contributed by atoms with Gasteiger partial charge in [0.05, 0.1) is 39.5 Å². The van der Waals surface area contributed by atoms with Gasteiger partial charge < -0.3 is 123 Å². The molecule has 0 amide bonds. The molecule has 27 nitrogen and oxygen atoms in total. The van der Waals surface area contributed by atoms with Crippen molar-refractivity contribution < 1.29 is 137 Å². The molecule has 0 bridgehead atoms. The summed E-state index contributed by atoms with van der Waals surface area (Å²) < 4.78 is 0. The maximum atomic E-state index is 10.1. The molecule has 0 aromatic carbocycles. The van der Waals surface area contributed by atoms with Crippen molar-refractivity contribution in [1.82, 2.24) is 0 Å². The van der Waals surface area contributed by atoms with E-state index in [1.54, 1.807) is 0 Å². The quantitative estimate of drug-likeness (QED) is 0.0511. The molecule has 0 aliphatic heterocycles. The van der Waals surface area contributed by atoms with Gasteiger partial charge in [0.2, 0.25) is 5.79 Å². The van der Waals surface area contributed by atoms with Gasteiger partial charge in [0.1, 0.15) is 67.1 Å². The van der Waals surface area contributed by atoms with Crippen molar-refractivity contribution in [3.8, 4) is 0 Å². The van der Waals surface area contributed by atoms with Crippen LogP contribution in [-0.4, -0.2) is 258 Å². The maximum absolute atomic E-state index is 10.1. The first-order valence-electron chi connectivity index (χ1n) is 13.9. The van der Waals surface area contributed by atoms with Crippen molar-refractivity contribution >= 4 is 17.9 Å². The van der Waals surface area contributed by atoms with Crippen LogP contribution in [0.1, 0.15) is 12.8 Å². The fourth-order valence-corrected chi connectivity index (χ4v) is 2.64. The van der Waals surface area contributed by atoms with Crippen LogP contribution in [-0.2, 0) is 14.4 Å². The van der Waals surface area contributed by atoms with Gasteiger partial charge in [-0.25, -0.2) is 9.59 Å². The lowest BCUT2D eigenvalue weighted by atomic mass is 10.0. The van der Waals surface area contributed by atoms with E-state index in [1.165, 1.54) is 0 Å². The number of hydrogen-bond acceptors (Lipinski definition) is 24. The first-order valence-corrected chi connectivity index (χ1v) is 13.9. The summed E-state index contributed by atoms with van der Waals surface area (Å²) in [4.78, 5) is 30.2. The largest absolute Gasteiger partial charge is 0.481 e. The van der Waals surface area contributed by atoms with Gasteiger partial charge in [-0.15, -0.1) is 0 Å². The zero-order valence-electron chi connectivity index (χ0n) is 26.3. The van der Waals surface area contributed by atoms with Crippen LogP contribution in [0.15, 0.2) is 0 Å². The van der Waals surface area contributed by atoms with Gasteiger partial charge in [0.25, 0.3) is 0 Å². The van der Waals surface area contributed by atoms with Crippen molar-refractivity contribution in [1.29, 1.82) is 0 Å². The summed E-state index contributed by atoms with van der Waals surface area (Å²) >= 11 is 0. The molecule has 0 heterocycles. The molecule has 0 fully saturated rings. The first kappa shape index (κ1) is 55.3. The van der Waals surface area contributed by atoms with E-state index in [0.29, 0.717) is 0 Å². The van der Waals surface area contributed by atoms with Crippen LogP contribution >= 0.6 is 0 Å². The molecule has 0 aliphatic rings. The minimum Gasteiger partial charge on any atom is -0.481 e. The summed E-state index contributed by atoms with van der Waals surface area (Å²) in [5.41, 5.74) is 0. The molecule has 308 valence electrons. The van der Waals surface area contributed by atoms with Crippen LogP contribution in [0.2, 0.25) is 0 Å². The highest BCUT2D eigenvalue weighted by molar-refractivity contribution is 5.76. The molecular formula is C24H50O27. The molecule has 0 radical (unpaired) electrons. The van der Waals surface area contributed by atoms with Crippen LogP contribution in [0, 0.1) is 0 Å². The minimum atomic E-state index is -3.80. The second kappa shape index (κ2) is 27.2. The normalized spacial score (nSPS) is 18.8. The molecule has 12 atom stereocenters. The van der Waals surface area contributed by atoms with E-state index in [1.807, 2.05) is 0 Å². The molecular weight excluding hydrogens is 720 g/mol. The average Bonchev–Trinajstić information content (AvgIpc) is 3.10. The summed E-state index contributed by atoms with van der Waals surface area (Å²) in [6.45, 7) is -3.75. The second-order valence-corrected chi connectivity index (χ2v) is 10.2. The number of rotatable bonds is 20. The highest BCUT2D eigenvalue weighted by atomic mass is 16.6. The highest BCUT2D eigenvalue weighted by Crippen LogP contribution is 2.22. The standard InChI is InChI=1S/C6H10O8.C6H12O7.2C6H14O6/c7-3(8)1-2-5(11,12)6(13,14)4(9)10;7-1-2(8)3(9)4(10)5(11)6(12)13;2*7-1-3(9)5(11)6(12)4(10)2-8/h11-14H,1-2H2,(H,7,8)(H,9,10);2-5,7-11H,1H2,(H,12,13);2*3-12H,1-2H2. The summed E-state index contributed by atoms with van der Waals surface area (Å²) in [6, 6.07) is 0. The molecule has 0 aromatic rings. The van der Waals surface area contributed by atoms with Gasteiger partial charge >= 0.3 is 23.7 Å². The fourth-order valence-electron chi connectivity index (χ4n) is 2.64. The zero-order valence-corrected chi connectivity index (χ0v) is 26.3. The molecule has 51 heavy (non-hydrogen) atoms. The molecule has 0 spiro atoms. The smallest absolute Gasteiger partial charge is 0.370 e. The molecule has 0 saturated carbocycles. The Balaban J connectivity index is -0.000000289. The summed E-state index contributed by atoms with van der Waals surface area (Å²) in [6.07, 6.45) is -22.5. The summed E-state index contributed by atoms with van der Waals surface area (Å²) in [5, 5.41) is 208. The molecule has 27 heteroatoms. The Morgan fingerprint density at radius 1 is 0.431 bits per heavy atom. The Morgan fingerprint density at radius 3 is 0.843 bits per heavy atom. The van der Waals surface area contributed by atoms with E-state index in [9.17, 15) is 14.4 Å². The van der Waals surface area contributed by atoms with E-state index >= 15 is 0 Å². The molecule has 0 saturated heterocycles. The number of aliphatic carboxylic acids is 3. The van der Waals surface area contributed by atoms with Gasteiger partial charge in [0.15, 0.2) is 6.10 Å². The molecule has 12 unspecified atom stereocenters. The lowest BCUT2D eigenvalue weighted by Gasteiger charge is -2.30. The van der Waals surface area contributed by atoms with Crippen LogP contribution in [0.5, 0.6) is 0 Å². The van der Waals surface area contributed by atoms with Gasteiger partial charge in [-0.3, -0.25) is 4.79 Å². The van der Waals surface area contributed by atoms with Crippen LogP contribution in [0.3, 0.4) is 0 Å². The van der Waals surface area contributed by atoms with Gasteiger partial charge in [-0.2, -0.15) is 0 Å². The minimum absolute atomic E-state index is 0.726. The highest BCUT2D eigenvalue weighted by Gasteiger charge is 2.54. The van der Waals surface area contributed by atoms with E-state index in [2.05, 4.69) is 0 Å². The predicted octanol–water partition coefficient (Wildman–Crippen LogP) is -13.4. The van der Waals surface area contributed by atoms with Gasteiger partial charge in [0, 0.05) is 6.42 Å². The third-order valence-electron chi connectivity index (χ3n) is 6.08. The first-order chi connectivity index (χ1) is 23.1. The van der Waals surface area contributed by atoms with E-state index in [4.69, 9.17) is 123 Å². The Bertz CT molecular complexity index is 879. The Hall–Kier alpha value is -2.43. The van der Waals surface area contributed by atoms with Gasteiger partial charge in [-0.05, 0) is 0 Å². The van der Waals surface area contributed by atoms with Crippen molar-refractivity contribution in [2.45, 2.75) is 97.7 Å². The summed E-state index contributed by atoms with van der Waals surface area (Å²) in [7, 11) is 0. The lowest BCUT2D eigenvalue weighted by molar-refractivity contribution is -0.345. The number of aliphatic hydroxyl groups excluding tert-OH is 17. The fraction of sp³-hybridized carbons (Fsp3) is 0.875. The second-order valence-electron chi connectivity index (χ2n) is 10.2. The zero-order chi connectivity index (χ0) is 41.6. The Morgan fingerprint density at radius 2 is 0.667 bits per heavy atom. The van der Waals surface area contributed by atoms with Crippen LogP contribution in [0.25, 0.3) is 0 Å². The maximum Gasteiger partial charge on any atom is 0.370 e. The lowest BCUT2D eigenvalue weighted by Crippen LogP contribution is -2.59. The van der Waals surface area contributed by atoms with E-state index in [0.717, 1.165) is 0 Å². The molecule has 0 aromatic heterocycles. The van der Waals surface area contributed by atoms with Gasteiger partial charge in [-0.1, -0.05) is 0 Å². The van der Waals surface area contributed by atoms with Crippen LogP contribution < -0.4 is 0 Å². The average molecular weight is 771 g/mol. The van der Waals surface area contributed by atoms with Crippen molar-refractivity contribution in [2.75, 3.05) is 33.0 Å². The van der Waals surface area contributed by atoms with Crippen molar-refractivity contribution in [3.63, 3.8) is 0 Å². The molecule has 0 rings (SSSR count). The summed E-state index contributed by atoms with van der Waals surface area (Å²) in [5.74, 6) is -12.7. The number of aliphatic hydroxyl groups is 21. The van der Waals surface area contributed by atoms with Crippen molar-refractivity contribution in [3.05, 3.63) is 0 Å². The van der Waals surface area contributed by atoms with Crippen LogP contribution in [0.4, 0.5) is 0 Å². The number of carbonyl (C=O) groups is 3. The Kier molecular flexibility index (Phi) is 29.5. The monoisotopic (exact) mass is 770 g/mol.